The van der Waals surface area contributed by atoms with Crippen LogP contribution in [0.15, 0.2) is 146 Å². The fourth-order valence-corrected chi connectivity index (χ4v) is 7.01. The van der Waals surface area contributed by atoms with Gasteiger partial charge in [0.2, 0.25) is 0 Å². The van der Waals surface area contributed by atoms with Crippen molar-refractivity contribution in [1.29, 1.82) is 5.26 Å². The average Bonchev–Trinajstić information content (AvgIpc) is 3.51. The van der Waals surface area contributed by atoms with Crippen LogP contribution >= 0.6 is 11.3 Å². The van der Waals surface area contributed by atoms with Crippen molar-refractivity contribution in [3.8, 4) is 62.5 Å². The fourth-order valence-electron chi connectivity index (χ4n) is 5.89. The zero-order chi connectivity index (χ0) is 30.2. The van der Waals surface area contributed by atoms with Gasteiger partial charge in [-0.1, -0.05) is 115 Å². The summed E-state index contributed by atoms with van der Waals surface area (Å²) in [6.07, 6.45) is 0. The molecule has 0 spiro atoms. The Bertz CT molecular complexity index is 2370. The molecule has 0 amide bonds. The Labute approximate surface area is 264 Å². The van der Waals surface area contributed by atoms with Gasteiger partial charge in [-0.3, -0.25) is 0 Å². The van der Waals surface area contributed by atoms with Gasteiger partial charge in [0, 0.05) is 42.4 Å². The largest absolute Gasteiger partial charge is 0.208 e. The highest BCUT2D eigenvalue weighted by atomic mass is 32.1. The number of nitrogens with zero attached hydrogens (tertiary/aromatic N) is 4. The summed E-state index contributed by atoms with van der Waals surface area (Å²) in [6.45, 7) is 0. The molecule has 2 aromatic heterocycles. The van der Waals surface area contributed by atoms with E-state index in [0.29, 0.717) is 23.0 Å². The summed E-state index contributed by atoms with van der Waals surface area (Å²) in [5.41, 5.74) is 7.59. The number of fused-ring (bicyclic) bond motifs is 3. The van der Waals surface area contributed by atoms with Gasteiger partial charge in [-0.05, 0) is 47.0 Å². The van der Waals surface area contributed by atoms with Crippen molar-refractivity contribution >= 4 is 31.5 Å². The number of hydrogen-bond donors (Lipinski definition) is 0. The second kappa shape index (κ2) is 11.3. The normalized spacial score (nSPS) is 11.1. The summed E-state index contributed by atoms with van der Waals surface area (Å²) in [7, 11) is 0. The molecular formula is C40H24N4S. The molecule has 0 bridgehead atoms. The molecule has 210 valence electrons. The predicted molar refractivity (Wildman–Crippen MR) is 185 cm³/mol. The van der Waals surface area contributed by atoms with Crippen LogP contribution in [-0.4, -0.2) is 15.0 Å². The molecule has 5 heteroatoms. The van der Waals surface area contributed by atoms with Crippen LogP contribution in [0.3, 0.4) is 0 Å². The molecule has 0 atom stereocenters. The zero-order valence-electron chi connectivity index (χ0n) is 24.1. The molecule has 2 heterocycles. The zero-order valence-corrected chi connectivity index (χ0v) is 24.9. The lowest BCUT2D eigenvalue weighted by molar-refractivity contribution is 1.08. The number of rotatable bonds is 5. The van der Waals surface area contributed by atoms with Gasteiger partial charge in [0.15, 0.2) is 17.5 Å². The van der Waals surface area contributed by atoms with E-state index in [-0.39, 0.29) is 0 Å². The van der Waals surface area contributed by atoms with Crippen LogP contribution in [-0.2, 0) is 0 Å². The molecule has 0 aliphatic rings. The van der Waals surface area contributed by atoms with E-state index in [0.717, 1.165) is 44.3 Å². The standard InChI is InChI=1S/C40H24N4S/c41-25-26-19-21-28(22-20-26)36-33(23-24-35-37(36)32-17-9-10-18-34(32)45-35)40-43-38(29-13-5-2-6-14-29)42-39(44-40)31-16-8-7-15-30(31)27-11-3-1-4-12-27/h1-24H. The summed E-state index contributed by atoms with van der Waals surface area (Å²) in [5.74, 6) is 1.82. The molecule has 0 aliphatic heterocycles. The van der Waals surface area contributed by atoms with E-state index >= 15 is 0 Å². The topological polar surface area (TPSA) is 62.5 Å². The Hall–Kier alpha value is -5.96. The first-order chi connectivity index (χ1) is 22.3. The number of benzene rings is 6. The van der Waals surface area contributed by atoms with Gasteiger partial charge in [0.1, 0.15) is 0 Å². The van der Waals surface area contributed by atoms with E-state index in [2.05, 4.69) is 66.7 Å². The van der Waals surface area contributed by atoms with Crippen molar-refractivity contribution in [1.82, 2.24) is 15.0 Å². The number of hydrogen-bond acceptors (Lipinski definition) is 5. The van der Waals surface area contributed by atoms with Gasteiger partial charge < -0.3 is 0 Å². The SMILES string of the molecule is N#Cc1ccc(-c2c(-c3nc(-c4ccccc4)nc(-c4ccccc4-c4ccccc4)n3)ccc3sc4ccccc4c23)cc1. The quantitative estimate of drug-likeness (QED) is 0.199. The van der Waals surface area contributed by atoms with Crippen molar-refractivity contribution in [3.63, 3.8) is 0 Å². The van der Waals surface area contributed by atoms with Crippen LogP contribution in [0.2, 0.25) is 0 Å². The Morgan fingerprint density at radius 3 is 1.78 bits per heavy atom. The Kier molecular flexibility index (Phi) is 6.68. The van der Waals surface area contributed by atoms with E-state index in [1.165, 1.54) is 14.8 Å². The van der Waals surface area contributed by atoms with Gasteiger partial charge in [0.05, 0.1) is 11.6 Å². The lowest BCUT2D eigenvalue weighted by atomic mass is 9.93. The lowest BCUT2D eigenvalue weighted by Crippen LogP contribution is -2.02. The van der Waals surface area contributed by atoms with Gasteiger partial charge in [-0.2, -0.15) is 5.26 Å². The highest BCUT2D eigenvalue weighted by Crippen LogP contribution is 2.45. The third-order valence-electron chi connectivity index (χ3n) is 8.01. The molecule has 0 N–H and O–H groups in total. The summed E-state index contributed by atoms with van der Waals surface area (Å²) in [4.78, 5) is 15.4. The second-order valence-corrected chi connectivity index (χ2v) is 11.8. The maximum Gasteiger partial charge on any atom is 0.164 e. The van der Waals surface area contributed by atoms with Crippen LogP contribution in [0.5, 0.6) is 0 Å². The Morgan fingerprint density at radius 2 is 1.04 bits per heavy atom. The van der Waals surface area contributed by atoms with Crippen LogP contribution < -0.4 is 0 Å². The molecule has 8 aromatic rings. The molecule has 0 fully saturated rings. The minimum atomic E-state index is 0.596. The van der Waals surface area contributed by atoms with Crippen molar-refractivity contribution in [2.24, 2.45) is 0 Å². The average molecular weight is 593 g/mol. The van der Waals surface area contributed by atoms with Gasteiger partial charge in [0.25, 0.3) is 0 Å². The first-order valence-electron chi connectivity index (χ1n) is 14.7. The molecule has 0 saturated heterocycles. The van der Waals surface area contributed by atoms with Gasteiger partial charge >= 0.3 is 0 Å². The summed E-state index contributed by atoms with van der Waals surface area (Å²) in [6, 6.07) is 51.5. The highest BCUT2D eigenvalue weighted by molar-refractivity contribution is 7.26. The predicted octanol–water partition coefficient (Wildman–Crippen LogP) is 10.4. The minimum Gasteiger partial charge on any atom is -0.208 e. The summed E-state index contributed by atoms with van der Waals surface area (Å²) in [5, 5.41) is 11.9. The molecular weight excluding hydrogens is 569 g/mol. The smallest absolute Gasteiger partial charge is 0.164 e. The molecule has 8 rings (SSSR count). The first kappa shape index (κ1) is 26.7. The monoisotopic (exact) mass is 592 g/mol. The highest BCUT2D eigenvalue weighted by Gasteiger charge is 2.21. The Morgan fingerprint density at radius 1 is 0.444 bits per heavy atom. The Balaban J connectivity index is 1.44. The minimum absolute atomic E-state index is 0.596. The van der Waals surface area contributed by atoms with Crippen molar-refractivity contribution in [3.05, 3.63) is 151 Å². The molecule has 0 unspecified atom stereocenters. The molecule has 45 heavy (non-hydrogen) atoms. The van der Waals surface area contributed by atoms with Crippen LogP contribution in [0, 0.1) is 11.3 Å². The van der Waals surface area contributed by atoms with Crippen LogP contribution in [0.4, 0.5) is 0 Å². The summed E-state index contributed by atoms with van der Waals surface area (Å²) < 4.78 is 2.41. The maximum absolute atomic E-state index is 9.52. The molecule has 0 saturated carbocycles. The summed E-state index contributed by atoms with van der Waals surface area (Å²) >= 11 is 1.78. The molecule has 0 radical (unpaired) electrons. The second-order valence-electron chi connectivity index (χ2n) is 10.7. The molecule has 6 aromatic carbocycles. The van der Waals surface area contributed by atoms with Gasteiger partial charge in [-0.25, -0.2) is 15.0 Å². The van der Waals surface area contributed by atoms with Crippen molar-refractivity contribution in [2.75, 3.05) is 0 Å². The molecule has 0 aliphatic carbocycles. The van der Waals surface area contributed by atoms with Crippen LogP contribution in [0.1, 0.15) is 5.56 Å². The third kappa shape index (κ3) is 4.84. The number of thiophene rings is 1. The van der Waals surface area contributed by atoms with E-state index in [9.17, 15) is 5.26 Å². The van der Waals surface area contributed by atoms with E-state index in [4.69, 9.17) is 15.0 Å². The first-order valence-corrected chi connectivity index (χ1v) is 15.5. The van der Waals surface area contributed by atoms with E-state index in [1.54, 1.807) is 11.3 Å². The number of nitriles is 1. The number of aromatic nitrogens is 3. The van der Waals surface area contributed by atoms with Crippen LogP contribution in [0.25, 0.3) is 76.6 Å². The third-order valence-corrected chi connectivity index (χ3v) is 9.14. The van der Waals surface area contributed by atoms with Crippen molar-refractivity contribution in [2.45, 2.75) is 0 Å². The van der Waals surface area contributed by atoms with Crippen molar-refractivity contribution < 1.29 is 0 Å². The van der Waals surface area contributed by atoms with E-state index < -0.39 is 0 Å². The lowest BCUT2D eigenvalue weighted by Gasteiger charge is -2.15. The fraction of sp³-hybridized carbons (Fsp3) is 0. The van der Waals surface area contributed by atoms with E-state index in [1.807, 2.05) is 84.9 Å². The molecule has 4 nitrogen and oxygen atoms in total. The van der Waals surface area contributed by atoms with Gasteiger partial charge in [-0.15, -0.1) is 11.3 Å². The maximum atomic E-state index is 9.52.